The van der Waals surface area contributed by atoms with Crippen LogP contribution in [0.25, 0.3) is 6.08 Å². The Morgan fingerprint density at radius 1 is 1.33 bits per heavy atom. The van der Waals surface area contributed by atoms with Crippen molar-refractivity contribution in [1.82, 2.24) is 5.32 Å². The molecular formula is C17H21NO3. The summed E-state index contributed by atoms with van der Waals surface area (Å²) >= 11 is 0. The number of hydrogen-bond donors (Lipinski definition) is 1. The van der Waals surface area contributed by atoms with Gasteiger partial charge in [-0.25, -0.2) is 0 Å². The molecule has 1 aliphatic heterocycles. The van der Waals surface area contributed by atoms with E-state index in [1.54, 1.807) is 0 Å². The zero-order valence-electron chi connectivity index (χ0n) is 12.1. The maximum atomic E-state index is 12.1. The van der Waals surface area contributed by atoms with Gasteiger partial charge in [-0.3, -0.25) is 4.79 Å². The smallest absolute Gasteiger partial charge is 0.250 e. The molecule has 0 radical (unpaired) electrons. The molecule has 3 rings (SSSR count). The van der Waals surface area contributed by atoms with Crippen LogP contribution < -0.4 is 10.1 Å². The van der Waals surface area contributed by atoms with Gasteiger partial charge in [0, 0.05) is 25.3 Å². The molecule has 0 bridgehead atoms. The lowest BCUT2D eigenvalue weighted by Gasteiger charge is -2.17. The Labute approximate surface area is 125 Å². The summed E-state index contributed by atoms with van der Waals surface area (Å²) in [4.78, 5) is 12.1. The number of hydrogen-bond acceptors (Lipinski definition) is 3. The van der Waals surface area contributed by atoms with Gasteiger partial charge >= 0.3 is 0 Å². The minimum atomic E-state index is -0.0494. The molecule has 2 aliphatic rings. The molecule has 1 aromatic rings. The molecule has 0 unspecified atom stereocenters. The van der Waals surface area contributed by atoms with Crippen LogP contribution in [0, 0.1) is 5.92 Å². The van der Waals surface area contributed by atoms with Gasteiger partial charge in [-0.15, -0.1) is 0 Å². The highest BCUT2D eigenvalue weighted by atomic mass is 16.5. The Kier molecular flexibility index (Phi) is 4.55. The molecule has 1 amide bonds. The molecule has 112 valence electrons. The average Bonchev–Trinajstić information content (AvgIpc) is 3.34. The molecule has 21 heavy (non-hydrogen) atoms. The maximum absolute atomic E-state index is 12.1. The number of amides is 1. The van der Waals surface area contributed by atoms with E-state index in [-0.39, 0.29) is 5.91 Å². The van der Waals surface area contributed by atoms with E-state index in [0.717, 1.165) is 36.9 Å². The van der Waals surface area contributed by atoms with Gasteiger partial charge < -0.3 is 14.8 Å². The number of benzene rings is 1. The minimum Gasteiger partial charge on any atom is -0.488 e. The first kappa shape index (κ1) is 14.1. The van der Waals surface area contributed by atoms with Gasteiger partial charge in [-0.05, 0) is 37.3 Å². The Morgan fingerprint density at radius 2 is 2.19 bits per heavy atom. The SMILES string of the molecule is O=C(NCCCOCC1CC1)C1=Cc2ccccc2OC1. The summed E-state index contributed by atoms with van der Waals surface area (Å²) in [5.74, 6) is 1.58. The fraction of sp³-hybridized carbons (Fsp3) is 0.471. The highest BCUT2D eigenvalue weighted by Crippen LogP contribution is 2.28. The normalized spacial score (nSPS) is 16.7. The first-order valence-corrected chi connectivity index (χ1v) is 7.61. The van der Waals surface area contributed by atoms with E-state index < -0.39 is 0 Å². The third-order valence-electron chi connectivity index (χ3n) is 3.73. The maximum Gasteiger partial charge on any atom is 0.250 e. The van der Waals surface area contributed by atoms with Gasteiger partial charge in [0.2, 0.25) is 0 Å². The van der Waals surface area contributed by atoms with Crippen LogP contribution in [0.5, 0.6) is 5.75 Å². The van der Waals surface area contributed by atoms with Crippen molar-refractivity contribution in [2.45, 2.75) is 19.3 Å². The van der Waals surface area contributed by atoms with E-state index in [2.05, 4.69) is 5.32 Å². The Morgan fingerprint density at radius 3 is 3.05 bits per heavy atom. The molecule has 1 aromatic carbocycles. The molecule has 4 heteroatoms. The van der Waals surface area contributed by atoms with Crippen molar-refractivity contribution in [1.29, 1.82) is 0 Å². The number of para-hydroxylation sites is 1. The summed E-state index contributed by atoms with van der Waals surface area (Å²) in [7, 11) is 0. The minimum absolute atomic E-state index is 0.0494. The van der Waals surface area contributed by atoms with E-state index in [0.29, 0.717) is 18.7 Å². The van der Waals surface area contributed by atoms with Crippen LogP contribution in [-0.4, -0.2) is 32.3 Å². The molecule has 1 aliphatic carbocycles. The third kappa shape index (κ3) is 4.08. The van der Waals surface area contributed by atoms with Crippen LogP contribution in [0.3, 0.4) is 0 Å². The molecule has 1 fully saturated rings. The molecule has 4 nitrogen and oxygen atoms in total. The van der Waals surface area contributed by atoms with Gasteiger partial charge in [0.15, 0.2) is 0 Å². The molecule has 1 saturated carbocycles. The second-order valence-electron chi connectivity index (χ2n) is 5.62. The molecule has 0 atom stereocenters. The lowest BCUT2D eigenvalue weighted by Crippen LogP contribution is -2.29. The van der Waals surface area contributed by atoms with Crippen molar-refractivity contribution in [3.8, 4) is 5.75 Å². The largest absolute Gasteiger partial charge is 0.488 e. The number of rotatable bonds is 7. The number of carbonyl (C=O) groups is 1. The third-order valence-corrected chi connectivity index (χ3v) is 3.73. The summed E-state index contributed by atoms with van der Waals surface area (Å²) in [5.41, 5.74) is 1.63. The van der Waals surface area contributed by atoms with E-state index in [9.17, 15) is 4.79 Å². The monoisotopic (exact) mass is 287 g/mol. The zero-order chi connectivity index (χ0) is 14.5. The summed E-state index contributed by atoms with van der Waals surface area (Å²) in [6.07, 6.45) is 5.37. The lowest BCUT2D eigenvalue weighted by atomic mass is 10.1. The molecule has 0 spiro atoms. The molecule has 1 heterocycles. The van der Waals surface area contributed by atoms with Crippen molar-refractivity contribution in [2.24, 2.45) is 5.92 Å². The summed E-state index contributed by atoms with van der Waals surface area (Å²) in [6.45, 7) is 2.57. The fourth-order valence-electron chi connectivity index (χ4n) is 2.27. The van der Waals surface area contributed by atoms with Crippen molar-refractivity contribution < 1.29 is 14.3 Å². The van der Waals surface area contributed by atoms with E-state index in [1.165, 1.54) is 12.8 Å². The van der Waals surface area contributed by atoms with Gasteiger partial charge in [-0.2, -0.15) is 0 Å². The van der Waals surface area contributed by atoms with Gasteiger partial charge in [-0.1, -0.05) is 18.2 Å². The van der Waals surface area contributed by atoms with Crippen molar-refractivity contribution in [2.75, 3.05) is 26.4 Å². The molecule has 0 aromatic heterocycles. The van der Waals surface area contributed by atoms with E-state index in [1.807, 2.05) is 30.3 Å². The highest BCUT2D eigenvalue weighted by molar-refractivity contribution is 5.99. The van der Waals surface area contributed by atoms with Gasteiger partial charge in [0.25, 0.3) is 5.91 Å². The average molecular weight is 287 g/mol. The number of ether oxygens (including phenoxy) is 2. The predicted molar refractivity (Wildman–Crippen MR) is 81.1 cm³/mol. The second-order valence-corrected chi connectivity index (χ2v) is 5.62. The number of fused-ring (bicyclic) bond motifs is 1. The zero-order valence-corrected chi connectivity index (χ0v) is 12.1. The lowest BCUT2D eigenvalue weighted by molar-refractivity contribution is -0.117. The quantitative estimate of drug-likeness (QED) is 0.783. The second kappa shape index (κ2) is 6.76. The summed E-state index contributed by atoms with van der Waals surface area (Å²) in [6, 6.07) is 7.74. The van der Waals surface area contributed by atoms with Crippen LogP contribution in [0.1, 0.15) is 24.8 Å². The van der Waals surface area contributed by atoms with Crippen molar-refractivity contribution in [3.63, 3.8) is 0 Å². The first-order valence-electron chi connectivity index (χ1n) is 7.61. The summed E-state index contributed by atoms with van der Waals surface area (Å²) < 4.78 is 11.1. The summed E-state index contributed by atoms with van der Waals surface area (Å²) in [5, 5.41) is 2.92. The molecular weight excluding hydrogens is 266 g/mol. The Balaban J connectivity index is 1.40. The Hall–Kier alpha value is -1.81. The predicted octanol–water partition coefficient (Wildman–Crippen LogP) is 2.40. The number of carbonyl (C=O) groups excluding carboxylic acids is 1. The van der Waals surface area contributed by atoms with Crippen LogP contribution in [-0.2, 0) is 9.53 Å². The standard InChI is InChI=1S/C17H21NO3/c19-17(18-8-3-9-20-11-13-6-7-13)15-10-14-4-1-2-5-16(14)21-12-15/h1-2,4-5,10,13H,3,6-9,11-12H2,(H,18,19). The Bertz CT molecular complexity index is 535. The molecule has 1 N–H and O–H groups in total. The van der Waals surface area contributed by atoms with Crippen LogP contribution in [0.4, 0.5) is 0 Å². The van der Waals surface area contributed by atoms with E-state index >= 15 is 0 Å². The highest BCUT2D eigenvalue weighted by Gasteiger charge is 2.21. The first-order chi connectivity index (χ1) is 10.3. The van der Waals surface area contributed by atoms with E-state index in [4.69, 9.17) is 9.47 Å². The van der Waals surface area contributed by atoms with Gasteiger partial charge in [0.1, 0.15) is 12.4 Å². The number of nitrogens with one attached hydrogen (secondary N) is 1. The van der Waals surface area contributed by atoms with Gasteiger partial charge in [0.05, 0.1) is 5.57 Å². The van der Waals surface area contributed by atoms with Crippen LogP contribution in [0.2, 0.25) is 0 Å². The topological polar surface area (TPSA) is 47.6 Å². The van der Waals surface area contributed by atoms with Crippen LogP contribution >= 0.6 is 0 Å². The fourth-order valence-corrected chi connectivity index (χ4v) is 2.27. The van der Waals surface area contributed by atoms with Crippen molar-refractivity contribution in [3.05, 3.63) is 35.4 Å². The van der Waals surface area contributed by atoms with Crippen molar-refractivity contribution >= 4 is 12.0 Å². The van der Waals surface area contributed by atoms with Crippen LogP contribution in [0.15, 0.2) is 29.8 Å². The molecule has 0 saturated heterocycles.